The van der Waals surface area contributed by atoms with Crippen LogP contribution in [0.5, 0.6) is 0 Å². The maximum Gasteiger partial charge on any atom is 0.316 e. The van der Waals surface area contributed by atoms with Crippen molar-refractivity contribution in [3.63, 3.8) is 0 Å². The first kappa shape index (κ1) is 14.6. The molecule has 0 aromatic heterocycles. The van der Waals surface area contributed by atoms with Crippen LogP contribution in [-0.4, -0.2) is 21.0 Å². The first-order chi connectivity index (χ1) is 9.40. The van der Waals surface area contributed by atoms with Crippen LogP contribution in [-0.2, 0) is 15.6 Å². The molecule has 0 aliphatic carbocycles. The summed E-state index contributed by atoms with van der Waals surface area (Å²) in [7, 11) is -2.34. The molecule has 0 aliphatic rings. The lowest BCUT2D eigenvalue weighted by Crippen LogP contribution is -2.07. The molecule has 0 aliphatic heterocycles. The minimum absolute atomic E-state index is 0.0616. The van der Waals surface area contributed by atoms with Gasteiger partial charge in [-0.2, -0.15) is 8.78 Å². The first-order valence-corrected chi connectivity index (χ1v) is 7.06. The van der Waals surface area contributed by atoms with E-state index in [4.69, 9.17) is 5.11 Å². The van der Waals surface area contributed by atoms with Crippen LogP contribution in [0.3, 0.4) is 0 Å². The molecule has 0 fully saturated rings. The fourth-order valence-corrected chi connectivity index (χ4v) is 2.53. The summed E-state index contributed by atoms with van der Waals surface area (Å²) in [6.45, 7) is 1.57. The Balaban J connectivity index is 2.44. The normalized spacial score (nSPS) is 14.4. The fraction of sp³-hybridized carbons (Fsp3) is 0.214. The second-order valence-corrected chi connectivity index (χ2v) is 5.81. The van der Waals surface area contributed by atoms with Crippen molar-refractivity contribution < 1.29 is 22.9 Å². The predicted molar refractivity (Wildman–Crippen MR) is 72.4 cm³/mol. The van der Waals surface area contributed by atoms with E-state index in [1.807, 2.05) is 0 Å². The SMILES string of the molecule is CC(C(=O)O)c1ccc2cc(S(=O)C(F)F)ccc2c1. The van der Waals surface area contributed by atoms with Crippen LogP contribution >= 0.6 is 0 Å². The van der Waals surface area contributed by atoms with E-state index in [9.17, 15) is 17.8 Å². The van der Waals surface area contributed by atoms with Crippen molar-refractivity contribution in [1.82, 2.24) is 0 Å². The Morgan fingerprint density at radius 3 is 2.35 bits per heavy atom. The number of benzene rings is 2. The van der Waals surface area contributed by atoms with Gasteiger partial charge in [-0.05, 0) is 35.4 Å². The predicted octanol–water partition coefficient (Wildman–Crippen LogP) is 3.36. The molecule has 0 amide bonds. The number of rotatable bonds is 4. The highest BCUT2D eigenvalue weighted by atomic mass is 32.2. The quantitative estimate of drug-likeness (QED) is 0.941. The number of carbonyl (C=O) groups is 1. The summed E-state index contributed by atoms with van der Waals surface area (Å²) in [5, 5.41) is 10.3. The molecular formula is C14H12F2O3S. The van der Waals surface area contributed by atoms with Gasteiger partial charge < -0.3 is 5.11 Å². The molecule has 2 unspecified atom stereocenters. The third-order valence-electron chi connectivity index (χ3n) is 3.10. The number of hydrogen-bond acceptors (Lipinski definition) is 2. The van der Waals surface area contributed by atoms with Crippen molar-refractivity contribution in [3.8, 4) is 0 Å². The molecule has 106 valence electrons. The van der Waals surface area contributed by atoms with Crippen LogP contribution in [0, 0.1) is 0 Å². The number of halogens is 2. The zero-order chi connectivity index (χ0) is 14.9. The Kier molecular flexibility index (Phi) is 4.13. The number of aliphatic carboxylic acids is 1. The summed E-state index contributed by atoms with van der Waals surface area (Å²) in [6.07, 6.45) is 0. The third-order valence-corrected chi connectivity index (χ3v) is 4.14. The lowest BCUT2D eigenvalue weighted by molar-refractivity contribution is -0.138. The zero-order valence-electron chi connectivity index (χ0n) is 10.5. The zero-order valence-corrected chi connectivity index (χ0v) is 11.4. The largest absolute Gasteiger partial charge is 0.481 e. The van der Waals surface area contributed by atoms with Gasteiger partial charge in [0.25, 0.3) is 0 Å². The molecule has 6 heteroatoms. The smallest absolute Gasteiger partial charge is 0.316 e. The van der Waals surface area contributed by atoms with E-state index in [2.05, 4.69) is 0 Å². The van der Waals surface area contributed by atoms with Gasteiger partial charge in [-0.25, -0.2) is 4.21 Å². The molecule has 3 nitrogen and oxygen atoms in total. The van der Waals surface area contributed by atoms with E-state index in [1.54, 1.807) is 31.2 Å². The van der Waals surface area contributed by atoms with Gasteiger partial charge in [0.15, 0.2) is 0 Å². The van der Waals surface area contributed by atoms with Crippen LogP contribution in [0.15, 0.2) is 41.3 Å². The number of hydrogen-bond donors (Lipinski definition) is 1. The standard InChI is InChI=1S/C14H12F2O3S/c1-8(13(17)18)9-2-3-11-7-12(20(19)14(15)16)5-4-10(11)6-9/h2-8,14H,1H3,(H,17,18). The van der Waals surface area contributed by atoms with Crippen molar-refractivity contribution >= 4 is 27.5 Å². The van der Waals surface area contributed by atoms with Crippen molar-refractivity contribution in [1.29, 1.82) is 0 Å². The van der Waals surface area contributed by atoms with E-state index >= 15 is 0 Å². The fourth-order valence-electron chi connectivity index (χ4n) is 1.88. The molecule has 2 aromatic carbocycles. The molecule has 20 heavy (non-hydrogen) atoms. The average molecular weight is 298 g/mol. The number of carboxylic acids is 1. The molecule has 2 atom stereocenters. The first-order valence-electron chi connectivity index (χ1n) is 5.85. The molecular weight excluding hydrogens is 286 g/mol. The van der Waals surface area contributed by atoms with Crippen LogP contribution in [0.2, 0.25) is 0 Å². The third kappa shape index (κ3) is 2.85. The van der Waals surface area contributed by atoms with Gasteiger partial charge in [-0.15, -0.1) is 0 Å². The van der Waals surface area contributed by atoms with Crippen LogP contribution in [0.1, 0.15) is 18.4 Å². The molecule has 0 saturated heterocycles. The van der Waals surface area contributed by atoms with Gasteiger partial charge in [-0.3, -0.25) is 4.79 Å². The molecule has 0 heterocycles. The van der Waals surface area contributed by atoms with Gasteiger partial charge in [-0.1, -0.05) is 24.3 Å². The Morgan fingerprint density at radius 1 is 1.15 bits per heavy atom. The van der Waals surface area contributed by atoms with Crippen LogP contribution in [0.4, 0.5) is 8.78 Å². The van der Waals surface area contributed by atoms with E-state index < -0.39 is 28.4 Å². The lowest BCUT2D eigenvalue weighted by Gasteiger charge is -2.09. The Labute approximate surface area is 116 Å². The van der Waals surface area contributed by atoms with Gasteiger partial charge in [0, 0.05) is 4.90 Å². The molecule has 0 bridgehead atoms. The summed E-state index contributed by atoms with van der Waals surface area (Å²) in [6, 6.07) is 9.37. The van der Waals surface area contributed by atoms with Crippen molar-refractivity contribution in [2.45, 2.75) is 23.5 Å². The molecule has 2 rings (SSSR count). The monoisotopic (exact) mass is 298 g/mol. The van der Waals surface area contributed by atoms with Gasteiger partial charge >= 0.3 is 11.7 Å². The summed E-state index contributed by atoms with van der Waals surface area (Å²) in [5.41, 5.74) is 0.632. The highest BCUT2D eigenvalue weighted by Crippen LogP contribution is 2.25. The van der Waals surface area contributed by atoms with Crippen LogP contribution < -0.4 is 0 Å². The van der Waals surface area contributed by atoms with Crippen molar-refractivity contribution in [3.05, 3.63) is 42.0 Å². The maximum atomic E-state index is 12.4. The van der Waals surface area contributed by atoms with Gasteiger partial charge in [0.05, 0.1) is 5.92 Å². The van der Waals surface area contributed by atoms with E-state index in [0.717, 1.165) is 5.39 Å². The van der Waals surface area contributed by atoms with Crippen molar-refractivity contribution in [2.24, 2.45) is 0 Å². The summed E-state index contributed by atoms with van der Waals surface area (Å²) in [5.74, 6) is -4.49. The molecule has 0 radical (unpaired) electrons. The van der Waals surface area contributed by atoms with Crippen molar-refractivity contribution in [2.75, 3.05) is 0 Å². The Bertz CT molecular complexity index is 685. The summed E-state index contributed by atoms with van der Waals surface area (Å²) >= 11 is 0. The molecule has 0 saturated carbocycles. The maximum absolute atomic E-state index is 12.4. The number of alkyl halides is 2. The van der Waals surface area contributed by atoms with E-state index in [-0.39, 0.29) is 4.90 Å². The number of fused-ring (bicyclic) bond motifs is 1. The number of carboxylic acid groups (broad SMARTS) is 1. The second-order valence-electron chi connectivity index (χ2n) is 4.39. The van der Waals surface area contributed by atoms with E-state index in [0.29, 0.717) is 10.9 Å². The Hall–Kier alpha value is -1.82. The van der Waals surface area contributed by atoms with Crippen LogP contribution in [0.25, 0.3) is 10.8 Å². The molecule has 0 spiro atoms. The highest BCUT2D eigenvalue weighted by molar-refractivity contribution is 7.85. The minimum Gasteiger partial charge on any atom is -0.481 e. The molecule has 2 aromatic rings. The minimum atomic E-state index is -2.92. The van der Waals surface area contributed by atoms with Gasteiger partial charge in [0.2, 0.25) is 0 Å². The van der Waals surface area contributed by atoms with Gasteiger partial charge in [0.1, 0.15) is 10.8 Å². The average Bonchev–Trinajstić information content (AvgIpc) is 2.44. The second kappa shape index (κ2) is 5.66. The lowest BCUT2D eigenvalue weighted by atomic mass is 9.98. The summed E-state index contributed by atoms with van der Waals surface area (Å²) < 4.78 is 36.2. The topological polar surface area (TPSA) is 54.4 Å². The Morgan fingerprint density at radius 2 is 1.75 bits per heavy atom. The van der Waals surface area contributed by atoms with E-state index in [1.165, 1.54) is 12.1 Å². The highest BCUT2D eigenvalue weighted by Gasteiger charge is 2.17. The summed E-state index contributed by atoms with van der Waals surface area (Å²) in [4.78, 5) is 11.0. The molecule has 1 N–H and O–H groups in total.